The third kappa shape index (κ3) is 3.60. The van der Waals surface area contributed by atoms with E-state index in [1.807, 2.05) is 6.07 Å². The summed E-state index contributed by atoms with van der Waals surface area (Å²) in [7, 11) is 0.0545. The Labute approximate surface area is 105 Å². The number of ether oxygens (including phenoxy) is 1. The molecule has 91 valence electrons. The molecule has 1 heterocycles. The van der Waals surface area contributed by atoms with Gasteiger partial charge in [0.05, 0.1) is 7.11 Å². The van der Waals surface area contributed by atoms with Gasteiger partial charge < -0.3 is 4.74 Å². The molecule has 1 aromatic rings. The maximum Gasteiger partial charge on any atom is 0.138 e. The lowest BCUT2D eigenvalue weighted by atomic mass is 10.2. The Morgan fingerprint density at radius 3 is 2.53 bits per heavy atom. The molecule has 1 aromatic heterocycles. The van der Waals surface area contributed by atoms with Crippen molar-refractivity contribution >= 4 is 8.07 Å². The molecule has 0 unspecified atom stereocenters. The minimum absolute atomic E-state index is 0.269. The van der Waals surface area contributed by atoms with Crippen LogP contribution in [0.2, 0.25) is 18.1 Å². The topological polar surface area (TPSA) is 22.1 Å². The van der Waals surface area contributed by atoms with Crippen LogP contribution in [-0.4, -0.2) is 20.2 Å². The van der Waals surface area contributed by atoms with Gasteiger partial charge in [0.1, 0.15) is 19.5 Å². The molecule has 2 nitrogen and oxygen atoms in total. The van der Waals surface area contributed by atoms with Gasteiger partial charge in [0.25, 0.3) is 0 Å². The lowest BCUT2D eigenvalue weighted by Gasteiger charge is -2.31. The first-order valence-corrected chi connectivity index (χ1v) is 8.71. The zero-order chi connectivity index (χ0) is 13.1. The summed E-state index contributed by atoms with van der Waals surface area (Å²) in [5.41, 5.74) is 4.18. The van der Waals surface area contributed by atoms with Crippen molar-refractivity contribution in [3.8, 4) is 17.2 Å². The van der Waals surface area contributed by atoms with Crippen LogP contribution < -0.4 is 4.74 Å². The predicted octanol–water partition coefficient (Wildman–Crippen LogP) is 3.29. The van der Waals surface area contributed by atoms with Crippen molar-refractivity contribution in [2.45, 2.75) is 38.9 Å². The largest absolute Gasteiger partial charge is 0.496 e. The standard InChI is InChI=1S/C14H20NOSi/c1-14(2,3)17(5,6)10-8-12-11-13(16-4)7-9-15-12/h9,11H,1-6H3. The van der Waals surface area contributed by atoms with Gasteiger partial charge in [0.2, 0.25) is 0 Å². The Morgan fingerprint density at radius 1 is 1.35 bits per heavy atom. The summed E-state index contributed by atoms with van der Waals surface area (Å²) in [6.07, 6.45) is 1.61. The van der Waals surface area contributed by atoms with Gasteiger partial charge in [-0.2, -0.15) is 0 Å². The van der Waals surface area contributed by atoms with E-state index in [1.165, 1.54) is 0 Å². The normalized spacial score (nSPS) is 11.6. The first kappa shape index (κ1) is 13.8. The highest BCUT2D eigenvalue weighted by Crippen LogP contribution is 2.35. The van der Waals surface area contributed by atoms with E-state index < -0.39 is 8.07 Å². The minimum Gasteiger partial charge on any atom is -0.496 e. The van der Waals surface area contributed by atoms with Gasteiger partial charge in [-0.3, -0.25) is 0 Å². The van der Waals surface area contributed by atoms with Crippen LogP contribution in [0.15, 0.2) is 12.3 Å². The first-order chi connectivity index (χ1) is 7.76. The highest BCUT2D eigenvalue weighted by atomic mass is 28.3. The quantitative estimate of drug-likeness (QED) is 0.560. The van der Waals surface area contributed by atoms with Crippen molar-refractivity contribution in [3.63, 3.8) is 0 Å². The number of pyridine rings is 1. The number of hydrogen-bond acceptors (Lipinski definition) is 2. The fourth-order valence-corrected chi connectivity index (χ4v) is 1.78. The first-order valence-electron chi connectivity index (χ1n) is 5.71. The van der Waals surface area contributed by atoms with Crippen LogP contribution in [-0.2, 0) is 0 Å². The van der Waals surface area contributed by atoms with Gasteiger partial charge in [-0.05, 0) is 5.04 Å². The van der Waals surface area contributed by atoms with Crippen LogP contribution in [0.4, 0.5) is 0 Å². The van der Waals surface area contributed by atoms with E-state index in [9.17, 15) is 0 Å². The molecule has 17 heavy (non-hydrogen) atoms. The average molecular weight is 246 g/mol. The van der Waals surface area contributed by atoms with Crippen LogP contribution in [0.3, 0.4) is 0 Å². The zero-order valence-corrected chi connectivity index (χ0v) is 12.5. The van der Waals surface area contributed by atoms with E-state index in [0.717, 1.165) is 5.69 Å². The van der Waals surface area contributed by atoms with Crippen molar-refractivity contribution in [2.24, 2.45) is 0 Å². The number of methoxy groups -OCH3 is 1. The third-order valence-corrected chi connectivity index (χ3v) is 7.78. The van der Waals surface area contributed by atoms with E-state index in [0.29, 0.717) is 5.75 Å². The summed E-state index contributed by atoms with van der Waals surface area (Å²) in [4.78, 5) is 4.19. The van der Waals surface area contributed by atoms with Gasteiger partial charge >= 0.3 is 0 Å². The molecule has 0 aliphatic heterocycles. The molecule has 1 radical (unpaired) electrons. The summed E-state index contributed by atoms with van der Waals surface area (Å²) < 4.78 is 5.10. The van der Waals surface area contributed by atoms with E-state index in [4.69, 9.17) is 4.74 Å². The molecule has 0 bridgehead atoms. The summed E-state index contributed by atoms with van der Waals surface area (Å²) in [6, 6.07) is 4.72. The van der Waals surface area contributed by atoms with Crippen LogP contribution in [0.25, 0.3) is 0 Å². The minimum atomic E-state index is -1.57. The number of rotatable bonds is 1. The monoisotopic (exact) mass is 246 g/mol. The maximum absolute atomic E-state index is 5.10. The van der Waals surface area contributed by atoms with Crippen molar-refractivity contribution in [1.82, 2.24) is 4.98 Å². The number of nitrogens with zero attached hydrogens (tertiary/aromatic N) is 1. The Morgan fingerprint density at radius 2 is 2.00 bits per heavy atom. The van der Waals surface area contributed by atoms with E-state index in [1.54, 1.807) is 13.3 Å². The molecule has 0 amide bonds. The Bertz CT molecular complexity index is 449. The Hall–Kier alpha value is -1.27. The van der Waals surface area contributed by atoms with Crippen LogP contribution in [0.1, 0.15) is 26.5 Å². The lowest BCUT2D eigenvalue weighted by Crippen LogP contribution is -2.35. The lowest BCUT2D eigenvalue weighted by molar-refractivity contribution is 0.413. The van der Waals surface area contributed by atoms with Crippen LogP contribution in [0.5, 0.6) is 5.75 Å². The molecule has 0 saturated heterocycles. The highest BCUT2D eigenvalue weighted by Gasteiger charge is 2.33. The van der Waals surface area contributed by atoms with Gasteiger partial charge in [-0.1, -0.05) is 39.8 Å². The number of aromatic nitrogens is 1. The molecule has 0 atom stereocenters. The van der Waals surface area contributed by atoms with Crippen molar-refractivity contribution < 1.29 is 4.74 Å². The van der Waals surface area contributed by atoms with Crippen molar-refractivity contribution in [1.29, 1.82) is 0 Å². The molecule has 0 fully saturated rings. The molecule has 0 aliphatic carbocycles. The molecule has 0 aromatic carbocycles. The highest BCUT2D eigenvalue weighted by molar-refractivity contribution is 6.87. The Balaban J connectivity index is 2.99. The van der Waals surface area contributed by atoms with E-state index in [-0.39, 0.29) is 5.04 Å². The van der Waals surface area contributed by atoms with E-state index >= 15 is 0 Å². The summed E-state index contributed by atoms with van der Waals surface area (Å²) in [6.45, 7) is 11.3. The van der Waals surface area contributed by atoms with Gasteiger partial charge in [0, 0.05) is 18.3 Å². The molecule has 3 heteroatoms. The van der Waals surface area contributed by atoms with Crippen LogP contribution >= 0.6 is 0 Å². The van der Waals surface area contributed by atoms with E-state index in [2.05, 4.69) is 56.4 Å². The molecule has 0 aliphatic rings. The fourth-order valence-electron chi connectivity index (χ4n) is 0.963. The number of hydrogen-bond donors (Lipinski definition) is 0. The molecule has 0 saturated carbocycles. The van der Waals surface area contributed by atoms with Gasteiger partial charge in [0.15, 0.2) is 0 Å². The predicted molar refractivity (Wildman–Crippen MR) is 73.7 cm³/mol. The van der Waals surface area contributed by atoms with Gasteiger partial charge in [-0.15, -0.1) is 5.54 Å². The molecular formula is C14H20NOSi. The summed E-state index contributed by atoms with van der Waals surface area (Å²) in [5, 5.41) is 0.269. The second-order valence-electron chi connectivity index (χ2n) is 5.63. The SMILES string of the molecule is COc1[c]cnc(C#C[Si](C)(C)C(C)(C)C)c1. The van der Waals surface area contributed by atoms with Crippen molar-refractivity contribution in [3.05, 3.63) is 24.0 Å². The second-order valence-corrected chi connectivity index (χ2v) is 10.6. The summed E-state index contributed by atoms with van der Waals surface area (Å²) in [5.74, 6) is 3.85. The zero-order valence-electron chi connectivity index (χ0n) is 11.5. The third-order valence-electron chi connectivity index (χ3n) is 3.28. The molecule has 0 N–H and O–H groups in total. The Kier molecular flexibility index (Phi) is 4.00. The smallest absolute Gasteiger partial charge is 0.138 e. The molecule has 0 spiro atoms. The summed E-state index contributed by atoms with van der Waals surface area (Å²) >= 11 is 0. The maximum atomic E-state index is 5.10. The van der Waals surface area contributed by atoms with Gasteiger partial charge in [-0.25, -0.2) is 4.98 Å². The molecule has 1 rings (SSSR count). The van der Waals surface area contributed by atoms with Crippen molar-refractivity contribution in [2.75, 3.05) is 7.11 Å². The van der Waals surface area contributed by atoms with Crippen LogP contribution in [0, 0.1) is 17.5 Å². The fraction of sp³-hybridized carbons (Fsp3) is 0.500. The second kappa shape index (κ2) is 4.93. The average Bonchev–Trinajstić information content (AvgIpc) is 2.25. The molecular weight excluding hydrogens is 226 g/mol.